The van der Waals surface area contributed by atoms with Crippen molar-refractivity contribution in [3.8, 4) is 5.75 Å². The second kappa shape index (κ2) is 5.05. The molecule has 0 unspecified atom stereocenters. The van der Waals surface area contributed by atoms with Crippen LogP contribution in [0.25, 0.3) is 0 Å². The van der Waals surface area contributed by atoms with Gasteiger partial charge in [0.05, 0.1) is 5.54 Å². The summed E-state index contributed by atoms with van der Waals surface area (Å²) in [5.74, 6) is -0.256. The predicted octanol–water partition coefficient (Wildman–Crippen LogP) is 4.39. The Morgan fingerprint density at radius 3 is 2.30 bits per heavy atom. The zero-order valence-electron chi connectivity index (χ0n) is 10.9. The van der Waals surface area contributed by atoms with Gasteiger partial charge in [-0.1, -0.05) is 18.3 Å². The maximum atomic E-state index is 12.0. The highest BCUT2D eigenvalue weighted by Crippen LogP contribution is 2.38. The van der Waals surface area contributed by atoms with Crippen LogP contribution in [0.5, 0.6) is 5.75 Å². The number of nitrogens with one attached hydrogen (secondary N) is 1. The quantitative estimate of drug-likeness (QED) is 0.879. The molecule has 7 heteroatoms. The number of ether oxygens (including phenoxy) is 1. The highest BCUT2D eigenvalue weighted by molar-refractivity contribution is 8.17. The molecule has 1 aliphatic heterocycles. The van der Waals surface area contributed by atoms with Gasteiger partial charge >= 0.3 is 6.36 Å². The van der Waals surface area contributed by atoms with E-state index in [0.717, 1.165) is 4.91 Å². The molecule has 20 heavy (non-hydrogen) atoms. The third-order valence-electron chi connectivity index (χ3n) is 2.62. The van der Waals surface area contributed by atoms with Crippen LogP contribution in [0.1, 0.15) is 13.8 Å². The minimum atomic E-state index is -4.68. The Morgan fingerprint density at radius 2 is 1.85 bits per heavy atom. The molecule has 0 radical (unpaired) electrons. The molecule has 0 spiro atoms. The Morgan fingerprint density at radius 1 is 1.25 bits per heavy atom. The van der Waals surface area contributed by atoms with Gasteiger partial charge in [0.25, 0.3) is 0 Å². The van der Waals surface area contributed by atoms with Gasteiger partial charge in [0.1, 0.15) is 5.75 Å². The summed E-state index contributed by atoms with van der Waals surface area (Å²) in [6, 6.07) is 5.49. The number of nitrogens with zero attached hydrogens (tertiary/aromatic N) is 1. The number of rotatable bonds is 2. The third-order valence-corrected chi connectivity index (χ3v) is 3.76. The van der Waals surface area contributed by atoms with Crippen molar-refractivity contribution < 1.29 is 17.9 Å². The van der Waals surface area contributed by atoms with Gasteiger partial charge in [-0.05, 0) is 38.1 Å². The second-order valence-electron chi connectivity index (χ2n) is 4.70. The zero-order chi connectivity index (χ0) is 15.0. The van der Waals surface area contributed by atoms with Gasteiger partial charge in [0.2, 0.25) is 0 Å². The lowest BCUT2D eigenvalue weighted by Crippen LogP contribution is -2.17. The third kappa shape index (κ3) is 3.69. The van der Waals surface area contributed by atoms with E-state index < -0.39 is 6.36 Å². The van der Waals surface area contributed by atoms with Gasteiger partial charge < -0.3 is 10.1 Å². The maximum Gasteiger partial charge on any atom is 0.573 e. The molecule has 0 aliphatic carbocycles. The largest absolute Gasteiger partial charge is 0.573 e. The summed E-state index contributed by atoms with van der Waals surface area (Å²) in [6.45, 7) is 7.80. The number of anilines is 1. The van der Waals surface area contributed by atoms with Crippen LogP contribution in [0.3, 0.4) is 0 Å². The lowest BCUT2D eigenvalue weighted by molar-refractivity contribution is -0.274. The van der Waals surface area contributed by atoms with Crippen molar-refractivity contribution in [2.75, 3.05) is 5.32 Å². The molecule has 108 valence electrons. The fourth-order valence-corrected chi connectivity index (χ4v) is 2.47. The Balaban J connectivity index is 2.04. The number of aliphatic imine (C=N–C) groups is 1. The minimum absolute atomic E-state index is 0.256. The van der Waals surface area contributed by atoms with Gasteiger partial charge in [-0.15, -0.1) is 13.2 Å². The first-order valence-electron chi connectivity index (χ1n) is 5.76. The van der Waals surface area contributed by atoms with E-state index in [9.17, 15) is 13.2 Å². The van der Waals surface area contributed by atoms with Gasteiger partial charge in [0, 0.05) is 10.6 Å². The second-order valence-corrected chi connectivity index (χ2v) is 5.78. The van der Waals surface area contributed by atoms with E-state index in [1.165, 1.54) is 36.0 Å². The average molecular weight is 302 g/mol. The molecular weight excluding hydrogens is 289 g/mol. The smallest absolute Gasteiger partial charge is 0.406 e. The van der Waals surface area contributed by atoms with Crippen LogP contribution < -0.4 is 10.1 Å². The zero-order valence-corrected chi connectivity index (χ0v) is 11.7. The molecule has 0 aromatic heterocycles. The number of amidine groups is 1. The van der Waals surface area contributed by atoms with Crippen molar-refractivity contribution in [1.82, 2.24) is 0 Å². The molecule has 1 aromatic carbocycles. The normalized spacial score (nSPS) is 17.9. The highest BCUT2D eigenvalue weighted by Gasteiger charge is 2.31. The lowest BCUT2D eigenvalue weighted by atomic mass is 10.1. The van der Waals surface area contributed by atoms with Crippen LogP contribution in [0.4, 0.5) is 18.9 Å². The fraction of sp³-hybridized carbons (Fsp3) is 0.308. The van der Waals surface area contributed by atoms with E-state index in [1.54, 1.807) is 0 Å². The van der Waals surface area contributed by atoms with Crippen LogP contribution in [0.15, 0.2) is 40.7 Å². The van der Waals surface area contributed by atoms with E-state index in [2.05, 4.69) is 21.6 Å². The molecule has 1 aliphatic rings. The highest BCUT2D eigenvalue weighted by atomic mass is 32.2. The van der Waals surface area contributed by atoms with Gasteiger partial charge in [-0.2, -0.15) is 0 Å². The first kappa shape index (κ1) is 14.8. The first-order valence-corrected chi connectivity index (χ1v) is 6.57. The van der Waals surface area contributed by atoms with Crippen molar-refractivity contribution in [3.63, 3.8) is 0 Å². The van der Waals surface area contributed by atoms with Crippen molar-refractivity contribution in [2.45, 2.75) is 25.7 Å². The number of halogens is 3. The van der Waals surface area contributed by atoms with E-state index in [1.807, 2.05) is 13.8 Å². The van der Waals surface area contributed by atoms with Crippen LogP contribution >= 0.6 is 11.8 Å². The molecule has 1 aromatic rings. The number of hydrogen-bond donors (Lipinski definition) is 1. The summed E-state index contributed by atoms with van der Waals surface area (Å²) in [4.78, 5) is 5.35. The van der Waals surface area contributed by atoms with Crippen molar-refractivity contribution in [3.05, 3.63) is 35.7 Å². The van der Waals surface area contributed by atoms with E-state index in [4.69, 9.17) is 0 Å². The Kier molecular flexibility index (Phi) is 3.73. The van der Waals surface area contributed by atoms with Crippen LogP contribution in [-0.4, -0.2) is 17.1 Å². The molecule has 0 bridgehead atoms. The predicted molar refractivity (Wildman–Crippen MR) is 75.0 cm³/mol. The van der Waals surface area contributed by atoms with Gasteiger partial charge in [0.15, 0.2) is 5.17 Å². The standard InChI is InChI=1S/C13H13F3N2OS/c1-8-12(2,3)18-11(20-8)17-9-4-6-10(7-5-9)19-13(14,15)16/h4-7H,1H2,2-3H3,(H,17,18). The summed E-state index contributed by atoms with van der Waals surface area (Å²) in [5.41, 5.74) is 0.295. The number of hydrogen-bond acceptors (Lipinski definition) is 4. The van der Waals surface area contributed by atoms with Gasteiger partial charge in [-0.25, -0.2) is 0 Å². The number of benzene rings is 1. The Bertz CT molecular complexity index is 550. The van der Waals surface area contributed by atoms with E-state index >= 15 is 0 Å². The molecule has 0 amide bonds. The van der Waals surface area contributed by atoms with Crippen molar-refractivity contribution >= 4 is 22.6 Å². The summed E-state index contributed by atoms with van der Waals surface area (Å²) in [6.07, 6.45) is -4.68. The minimum Gasteiger partial charge on any atom is -0.406 e. The molecule has 2 rings (SSSR count). The van der Waals surface area contributed by atoms with Crippen LogP contribution in [0.2, 0.25) is 0 Å². The molecule has 1 heterocycles. The molecule has 0 saturated carbocycles. The molecule has 0 saturated heterocycles. The monoisotopic (exact) mass is 302 g/mol. The summed E-state index contributed by atoms with van der Waals surface area (Å²) < 4.78 is 39.9. The summed E-state index contributed by atoms with van der Waals surface area (Å²) in [5, 5.41) is 3.70. The average Bonchev–Trinajstić information content (AvgIpc) is 2.53. The van der Waals surface area contributed by atoms with E-state index in [-0.39, 0.29) is 11.3 Å². The molecule has 0 atom stereocenters. The fourth-order valence-electron chi connectivity index (χ4n) is 1.50. The maximum absolute atomic E-state index is 12.0. The molecule has 1 N–H and O–H groups in total. The Labute approximate surface area is 118 Å². The van der Waals surface area contributed by atoms with Crippen LogP contribution in [-0.2, 0) is 0 Å². The van der Waals surface area contributed by atoms with Crippen molar-refractivity contribution in [1.29, 1.82) is 0 Å². The van der Waals surface area contributed by atoms with Crippen LogP contribution in [0, 0.1) is 0 Å². The Hall–Kier alpha value is -1.63. The van der Waals surface area contributed by atoms with Gasteiger partial charge in [-0.3, -0.25) is 4.99 Å². The summed E-state index contributed by atoms with van der Waals surface area (Å²) >= 11 is 1.41. The molecule has 0 fully saturated rings. The number of alkyl halides is 3. The topological polar surface area (TPSA) is 33.6 Å². The SMILES string of the molecule is C=C1SC(Nc2ccc(OC(F)(F)F)cc2)=NC1(C)C. The molecule has 3 nitrogen and oxygen atoms in total. The van der Waals surface area contributed by atoms with E-state index in [0.29, 0.717) is 10.9 Å². The summed E-state index contributed by atoms with van der Waals surface area (Å²) in [7, 11) is 0. The number of thioether (sulfide) groups is 1. The lowest BCUT2D eigenvalue weighted by Gasteiger charge is -2.12. The van der Waals surface area contributed by atoms with Crippen molar-refractivity contribution in [2.24, 2.45) is 4.99 Å². The molecular formula is C13H13F3N2OS. The first-order chi connectivity index (χ1) is 9.16.